The van der Waals surface area contributed by atoms with Crippen LogP contribution in [-0.4, -0.2) is 31.7 Å². The molecule has 1 fully saturated rings. The van der Waals surface area contributed by atoms with Crippen molar-refractivity contribution in [1.82, 2.24) is 19.5 Å². The first-order chi connectivity index (χ1) is 10.7. The van der Waals surface area contributed by atoms with Crippen molar-refractivity contribution >= 4 is 11.0 Å². The molecule has 3 aromatic rings. The summed E-state index contributed by atoms with van der Waals surface area (Å²) in [5, 5.41) is 0. The molecular weight excluding hydrogens is 278 g/mol. The van der Waals surface area contributed by atoms with Gasteiger partial charge < -0.3 is 10.5 Å². The molecule has 0 atom stereocenters. The summed E-state index contributed by atoms with van der Waals surface area (Å²) in [5.74, 6) is 0.794. The molecule has 22 heavy (non-hydrogen) atoms. The van der Waals surface area contributed by atoms with Crippen molar-refractivity contribution in [3.05, 3.63) is 42.4 Å². The minimum atomic E-state index is 0.130. The van der Waals surface area contributed by atoms with Gasteiger partial charge in [0, 0.05) is 17.8 Å². The normalized spacial score (nSPS) is 20.8. The van der Waals surface area contributed by atoms with Crippen molar-refractivity contribution in [3.8, 4) is 11.8 Å². The molecule has 4 rings (SSSR count). The van der Waals surface area contributed by atoms with Crippen molar-refractivity contribution in [2.45, 2.75) is 31.9 Å². The van der Waals surface area contributed by atoms with Crippen LogP contribution in [0.3, 0.4) is 0 Å². The van der Waals surface area contributed by atoms with Gasteiger partial charge >= 0.3 is 6.01 Å². The molecule has 0 amide bonds. The van der Waals surface area contributed by atoms with Crippen LogP contribution < -0.4 is 10.5 Å². The molecular formula is C16H17N5O. The third-order valence-corrected chi connectivity index (χ3v) is 4.01. The highest BCUT2D eigenvalue weighted by Crippen LogP contribution is 2.24. The molecule has 0 radical (unpaired) electrons. The molecule has 6 nitrogen and oxygen atoms in total. The fourth-order valence-corrected chi connectivity index (χ4v) is 2.70. The fraction of sp³-hybridized carbons (Fsp3) is 0.312. The lowest BCUT2D eigenvalue weighted by Crippen LogP contribution is -2.43. The molecule has 112 valence electrons. The standard InChI is InChI=1S/C16H17N5O/c1-10-8-18-16(22-12-6-11(17)7-12)20-15(10)21-9-19-13-4-2-3-5-14(13)21/h2-5,8-9,11-12H,6-7,17H2,1H3. The largest absolute Gasteiger partial charge is 0.460 e. The maximum atomic E-state index is 5.79. The summed E-state index contributed by atoms with van der Waals surface area (Å²) >= 11 is 0. The van der Waals surface area contributed by atoms with E-state index < -0.39 is 0 Å². The number of fused-ring (bicyclic) bond motifs is 1. The van der Waals surface area contributed by atoms with E-state index in [-0.39, 0.29) is 12.1 Å². The second-order valence-corrected chi connectivity index (χ2v) is 5.73. The third kappa shape index (κ3) is 2.21. The van der Waals surface area contributed by atoms with Gasteiger partial charge in [-0.2, -0.15) is 4.98 Å². The van der Waals surface area contributed by atoms with Gasteiger partial charge in [0.2, 0.25) is 0 Å². The number of benzene rings is 1. The van der Waals surface area contributed by atoms with Gasteiger partial charge in [0.15, 0.2) is 0 Å². The SMILES string of the molecule is Cc1cnc(OC2CC(N)C2)nc1-n1cnc2ccccc21. The van der Waals surface area contributed by atoms with E-state index in [1.54, 1.807) is 12.5 Å². The molecule has 0 aliphatic heterocycles. The number of aromatic nitrogens is 4. The quantitative estimate of drug-likeness (QED) is 0.799. The van der Waals surface area contributed by atoms with Crippen LogP contribution in [0.25, 0.3) is 16.9 Å². The first-order valence-electron chi connectivity index (χ1n) is 7.39. The lowest BCUT2D eigenvalue weighted by atomic mass is 9.90. The van der Waals surface area contributed by atoms with E-state index in [1.807, 2.05) is 35.8 Å². The van der Waals surface area contributed by atoms with Gasteiger partial charge in [-0.3, -0.25) is 4.57 Å². The molecule has 6 heteroatoms. The maximum Gasteiger partial charge on any atom is 0.318 e. The van der Waals surface area contributed by atoms with Crippen LogP contribution in [0.4, 0.5) is 0 Å². The zero-order chi connectivity index (χ0) is 15.1. The van der Waals surface area contributed by atoms with Crippen LogP contribution in [-0.2, 0) is 0 Å². The molecule has 2 N–H and O–H groups in total. The van der Waals surface area contributed by atoms with E-state index in [0.29, 0.717) is 6.01 Å². The lowest BCUT2D eigenvalue weighted by Gasteiger charge is -2.31. The Morgan fingerprint density at radius 1 is 1.23 bits per heavy atom. The molecule has 1 saturated carbocycles. The fourth-order valence-electron chi connectivity index (χ4n) is 2.70. The van der Waals surface area contributed by atoms with Crippen molar-refractivity contribution in [2.24, 2.45) is 5.73 Å². The number of hydrogen-bond donors (Lipinski definition) is 1. The van der Waals surface area contributed by atoms with E-state index in [9.17, 15) is 0 Å². The average Bonchev–Trinajstić information content (AvgIpc) is 2.91. The minimum absolute atomic E-state index is 0.130. The number of nitrogens with zero attached hydrogens (tertiary/aromatic N) is 4. The van der Waals surface area contributed by atoms with Gasteiger partial charge in [0.25, 0.3) is 0 Å². The Bertz CT molecular complexity index is 822. The number of imidazole rings is 1. The Labute approximate surface area is 128 Å². The van der Waals surface area contributed by atoms with Crippen LogP contribution in [0.5, 0.6) is 6.01 Å². The van der Waals surface area contributed by atoms with Gasteiger partial charge in [-0.1, -0.05) is 12.1 Å². The van der Waals surface area contributed by atoms with E-state index in [4.69, 9.17) is 10.5 Å². The zero-order valence-electron chi connectivity index (χ0n) is 12.3. The number of rotatable bonds is 3. The Kier molecular flexibility index (Phi) is 3.04. The Morgan fingerprint density at radius 2 is 2.05 bits per heavy atom. The first kappa shape index (κ1) is 13.2. The molecule has 1 aliphatic rings. The highest BCUT2D eigenvalue weighted by Gasteiger charge is 2.28. The summed E-state index contributed by atoms with van der Waals surface area (Å²) in [6.45, 7) is 1.98. The van der Waals surface area contributed by atoms with E-state index in [0.717, 1.165) is 35.3 Å². The molecule has 1 aromatic carbocycles. The van der Waals surface area contributed by atoms with Gasteiger partial charge in [-0.15, -0.1) is 0 Å². The van der Waals surface area contributed by atoms with Crippen LogP contribution in [0.1, 0.15) is 18.4 Å². The van der Waals surface area contributed by atoms with Gasteiger partial charge in [0.05, 0.1) is 11.0 Å². The minimum Gasteiger partial charge on any atom is -0.460 e. The topological polar surface area (TPSA) is 78.9 Å². The highest BCUT2D eigenvalue weighted by molar-refractivity contribution is 5.77. The summed E-state index contributed by atoms with van der Waals surface area (Å²) in [7, 11) is 0. The van der Waals surface area contributed by atoms with Gasteiger partial charge in [-0.25, -0.2) is 9.97 Å². The van der Waals surface area contributed by atoms with Crippen molar-refractivity contribution in [1.29, 1.82) is 0 Å². The Morgan fingerprint density at radius 3 is 2.86 bits per heavy atom. The molecule has 2 heterocycles. The second kappa shape index (κ2) is 5.06. The summed E-state index contributed by atoms with van der Waals surface area (Å²) in [6.07, 6.45) is 5.42. The average molecular weight is 295 g/mol. The van der Waals surface area contributed by atoms with Crippen molar-refractivity contribution < 1.29 is 4.74 Å². The number of ether oxygens (including phenoxy) is 1. The smallest absolute Gasteiger partial charge is 0.318 e. The van der Waals surface area contributed by atoms with Crippen molar-refractivity contribution in [3.63, 3.8) is 0 Å². The van der Waals surface area contributed by atoms with Gasteiger partial charge in [-0.05, 0) is 31.9 Å². The summed E-state index contributed by atoms with van der Waals surface area (Å²) in [4.78, 5) is 13.2. The monoisotopic (exact) mass is 295 g/mol. The molecule has 0 unspecified atom stereocenters. The highest BCUT2D eigenvalue weighted by atomic mass is 16.5. The molecule has 0 saturated heterocycles. The lowest BCUT2D eigenvalue weighted by molar-refractivity contribution is 0.0903. The Balaban J connectivity index is 1.71. The third-order valence-electron chi connectivity index (χ3n) is 4.01. The maximum absolute atomic E-state index is 5.79. The van der Waals surface area contributed by atoms with E-state index in [1.165, 1.54) is 0 Å². The number of para-hydroxylation sites is 2. The second-order valence-electron chi connectivity index (χ2n) is 5.73. The summed E-state index contributed by atoms with van der Waals surface area (Å²) in [5.41, 5.74) is 8.71. The van der Waals surface area contributed by atoms with Crippen LogP contribution >= 0.6 is 0 Å². The number of aryl methyl sites for hydroxylation is 1. The molecule has 1 aliphatic carbocycles. The molecule has 2 aromatic heterocycles. The molecule has 0 bridgehead atoms. The van der Waals surface area contributed by atoms with Crippen LogP contribution in [0.15, 0.2) is 36.8 Å². The summed E-state index contributed by atoms with van der Waals surface area (Å²) < 4.78 is 7.75. The predicted molar refractivity (Wildman–Crippen MR) is 83.0 cm³/mol. The number of nitrogens with two attached hydrogens (primary N) is 1. The van der Waals surface area contributed by atoms with E-state index >= 15 is 0 Å². The Hall–Kier alpha value is -2.47. The predicted octanol–water partition coefficient (Wildman–Crippen LogP) is 1.99. The van der Waals surface area contributed by atoms with Crippen molar-refractivity contribution in [2.75, 3.05) is 0 Å². The van der Waals surface area contributed by atoms with E-state index in [2.05, 4.69) is 15.0 Å². The van der Waals surface area contributed by atoms with Crippen LogP contribution in [0, 0.1) is 6.92 Å². The summed E-state index contributed by atoms with van der Waals surface area (Å²) in [6, 6.07) is 8.61. The zero-order valence-corrected chi connectivity index (χ0v) is 12.3. The van der Waals surface area contributed by atoms with Gasteiger partial charge in [0.1, 0.15) is 18.2 Å². The first-order valence-corrected chi connectivity index (χ1v) is 7.39. The van der Waals surface area contributed by atoms with Crippen LogP contribution in [0.2, 0.25) is 0 Å². The number of hydrogen-bond acceptors (Lipinski definition) is 5. The molecule has 0 spiro atoms.